The molecular formula is C36H30N2O. The summed E-state index contributed by atoms with van der Waals surface area (Å²) in [5, 5.41) is 5.17. The normalized spacial score (nSPS) is 23.0. The van der Waals surface area contributed by atoms with E-state index in [-0.39, 0.29) is 5.92 Å². The number of nitrogens with one attached hydrogen (secondary N) is 1. The summed E-state index contributed by atoms with van der Waals surface area (Å²) in [6.07, 6.45) is 2.87. The van der Waals surface area contributed by atoms with E-state index in [0.717, 1.165) is 41.0 Å². The molecule has 0 saturated carbocycles. The lowest BCUT2D eigenvalue weighted by molar-refractivity contribution is 0.131. The third-order valence-corrected chi connectivity index (χ3v) is 8.44. The molecule has 0 spiro atoms. The van der Waals surface area contributed by atoms with Crippen LogP contribution in [0.5, 0.6) is 0 Å². The molecule has 6 aromatic rings. The average molecular weight is 507 g/mol. The predicted octanol–water partition coefficient (Wildman–Crippen LogP) is 7.83. The summed E-state index contributed by atoms with van der Waals surface area (Å²) in [5.74, 6) is 1.01. The molecule has 1 fully saturated rings. The van der Waals surface area contributed by atoms with Crippen molar-refractivity contribution in [1.29, 1.82) is 0 Å². The van der Waals surface area contributed by atoms with Crippen LogP contribution in [0.3, 0.4) is 0 Å². The number of piperidine rings is 1. The third kappa shape index (κ3) is 3.58. The van der Waals surface area contributed by atoms with Crippen LogP contribution >= 0.6 is 0 Å². The molecule has 2 aromatic heterocycles. The molecule has 0 amide bonds. The minimum Gasteiger partial charge on any atom is -0.459 e. The Morgan fingerprint density at radius 3 is 2.00 bits per heavy atom. The summed E-state index contributed by atoms with van der Waals surface area (Å²) in [4.78, 5) is 5.15. The summed E-state index contributed by atoms with van der Waals surface area (Å²) in [6, 6.07) is 49.5. The molecule has 1 aliphatic rings. The maximum Gasteiger partial charge on any atom is 0.134 e. The van der Waals surface area contributed by atoms with Gasteiger partial charge in [-0.25, -0.2) is 0 Å². The van der Waals surface area contributed by atoms with Gasteiger partial charge >= 0.3 is 0 Å². The van der Waals surface area contributed by atoms with Crippen LogP contribution in [0.1, 0.15) is 40.5 Å². The number of furan rings is 1. The molecule has 3 atom stereocenters. The molecular weight excluding hydrogens is 476 g/mol. The van der Waals surface area contributed by atoms with Crippen molar-refractivity contribution >= 4 is 11.0 Å². The standard InChI is InChI=1S/C36H30N2O/c1-4-14-27(15-5-1)31-23-25-38-36(30-19-8-3-9-20-30,34-26-28-16-10-11-21-32(28)39-34)35(31,29-17-6-2-7-18-29)33-22-12-13-24-37-33/h1-22,24,26,31,38H,23,25H2. The van der Waals surface area contributed by atoms with Gasteiger partial charge in [-0.2, -0.15) is 0 Å². The number of benzene rings is 4. The van der Waals surface area contributed by atoms with Crippen molar-refractivity contribution in [3.05, 3.63) is 174 Å². The average Bonchev–Trinajstić information content (AvgIpc) is 3.47. The Morgan fingerprint density at radius 1 is 0.667 bits per heavy atom. The predicted molar refractivity (Wildman–Crippen MR) is 157 cm³/mol. The number of rotatable bonds is 5. The number of hydrogen-bond acceptors (Lipinski definition) is 3. The van der Waals surface area contributed by atoms with Crippen LogP contribution in [0, 0.1) is 0 Å². The fourth-order valence-corrected chi connectivity index (χ4v) is 6.96. The number of nitrogens with zero attached hydrogens (tertiary/aromatic N) is 1. The fraction of sp³-hybridized carbons (Fsp3) is 0.139. The largest absolute Gasteiger partial charge is 0.459 e. The van der Waals surface area contributed by atoms with E-state index >= 15 is 0 Å². The van der Waals surface area contributed by atoms with E-state index in [2.05, 4.69) is 133 Å². The van der Waals surface area contributed by atoms with Crippen molar-refractivity contribution < 1.29 is 4.42 Å². The van der Waals surface area contributed by atoms with E-state index in [9.17, 15) is 0 Å². The molecule has 0 aliphatic carbocycles. The third-order valence-electron chi connectivity index (χ3n) is 8.44. The van der Waals surface area contributed by atoms with Gasteiger partial charge in [0.1, 0.15) is 16.9 Å². The molecule has 3 unspecified atom stereocenters. The molecule has 1 aliphatic heterocycles. The Kier molecular flexibility index (Phi) is 5.87. The summed E-state index contributed by atoms with van der Waals surface area (Å²) in [5.41, 5.74) is 4.17. The maximum absolute atomic E-state index is 6.86. The number of pyridine rings is 1. The lowest BCUT2D eigenvalue weighted by atomic mass is 9.50. The first-order valence-corrected chi connectivity index (χ1v) is 13.7. The van der Waals surface area contributed by atoms with Gasteiger partial charge in [-0.15, -0.1) is 0 Å². The molecule has 0 radical (unpaired) electrons. The van der Waals surface area contributed by atoms with E-state index in [4.69, 9.17) is 9.40 Å². The zero-order chi connectivity index (χ0) is 26.1. The molecule has 3 nitrogen and oxygen atoms in total. The molecule has 190 valence electrons. The van der Waals surface area contributed by atoms with E-state index in [1.807, 2.05) is 18.3 Å². The van der Waals surface area contributed by atoms with Gasteiger partial charge in [-0.05, 0) is 53.9 Å². The van der Waals surface area contributed by atoms with E-state index in [0.29, 0.717) is 0 Å². The topological polar surface area (TPSA) is 38.1 Å². The molecule has 1 N–H and O–H groups in total. The van der Waals surface area contributed by atoms with Crippen LogP contribution in [0.2, 0.25) is 0 Å². The Bertz CT molecular complexity index is 1610. The first-order chi connectivity index (χ1) is 19.3. The maximum atomic E-state index is 6.86. The number of hydrogen-bond donors (Lipinski definition) is 1. The van der Waals surface area contributed by atoms with Gasteiger partial charge < -0.3 is 4.42 Å². The van der Waals surface area contributed by atoms with E-state index < -0.39 is 11.0 Å². The number of fused-ring (bicyclic) bond motifs is 1. The summed E-state index contributed by atoms with van der Waals surface area (Å²) >= 11 is 0. The van der Waals surface area contributed by atoms with Crippen LogP contribution < -0.4 is 5.32 Å². The molecule has 3 heterocycles. The fourth-order valence-electron chi connectivity index (χ4n) is 6.96. The second kappa shape index (κ2) is 9.68. The smallest absolute Gasteiger partial charge is 0.134 e. The van der Waals surface area contributed by atoms with Crippen molar-refractivity contribution in [2.45, 2.75) is 23.3 Å². The molecule has 1 saturated heterocycles. The quantitative estimate of drug-likeness (QED) is 0.259. The highest BCUT2D eigenvalue weighted by atomic mass is 16.3. The molecule has 3 heteroatoms. The summed E-state index contributed by atoms with van der Waals surface area (Å²) in [7, 11) is 0. The number of para-hydroxylation sites is 1. The molecule has 0 bridgehead atoms. The van der Waals surface area contributed by atoms with E-state index in [1.54, 1.807) is 0 Å². The molecule has 4 aromatic carbocycles. The number of aromatic nitrogens is 1. The highest BCUT2D eigenvalue weighted by Gasteiger charge is 2.64. The Hall–Kier alpha value is -4.47. The molecule has 39 heavy (non-hydrogen) atoms. The Labute approximate surface area is 229 Å². The molecule has 7 rings (SSSR count). The minimum atomic E-state index is -0.748. The Balaban J connectivity index is 1.68. The second-order valence-corrected chi connectivity index (χ2v) is 10.3. The van der Waals surface area contributed by atoms with Crippen molar-refractivity contribution in [3.63, 3.8) is 0 Å². The van der Waals surface area contributed by atoms with Crippen LogP contribution in [0.25, 0.3) is 11.0 Å². The lowest BCUT2D eigenvalue weighted by Crippen LogP contribution is -2.65. The van der Waals surface area contributed by atoms with Crippen molar-refractivity contribution in [2.24, 2.45) is 0 Å². The van der Waals surface area contributed by atoms with Crippen LogP contribution in [0.4, 0.5) is 0 Å². The lowest BCUT2D eigenvalue weighted by Gasteiger charge is -2.57. The van der Waals surface area contributed by atoms with Gasteiger partial charge in [0.15, 0.2) is 0 Å². The van der Waals surface area contributed by atoms with Crippen LogP contribution in [0.15, 0.2) is 150 Å². The summed E-state index contributed by atoms with van der Waals surface area (Å²) in [6.45, 7) is 0.826. The zero-order valence-corrected chi connectivity index (χ0v) is 21.7. The highest BCUT2D eigenvalue weighted by Crippen LogP contribution is 2.61. The van der Waals surface area contributed by atoms with Gasteiger partial charge in [-0.1, -0.05) is 115 Å². The van der Waals surface area contributed by atoms with Gasteiger partial charge in [0.05, 0.1) is 11.1 Å². The van der Waals surface area contributed by atoms with Gasteiger partial charge in [0.2, 0.25) is 0 Å². The van der Waals surface area contributed by atoms with Crippen molar-refractivity contribution in [1.82, 2.24) is 10.3 Å². The van der Waals surface area contributed by atoms with Crippen LogP contribution in [-0.2, 0) is 11.0 Å². The van der Waals surface area contributed by atoms with Crippen molar-refractivity contribution in [2.75, 3.05) is 6.54 Å². The highest BCUT2D eigenvalue weighted by molar-refractivity contribution is 5.79. The van der Waals surface area contributed by atoms with Gasteiger partial charge in [0, 0.05) is 17.5 Å². The summed E-state index contributed by atoms with van der Waals surface area (Å²) < 4.78 is 6.86. The SMILES string of the molecule is c1ccc(C2CCNC(c3ccccc3)(c3cc4ccccc4o3)C2(c2ccccc2)c2ccccn2)cc1. The monoisotopic (exact) mass is 506 g/mol. The zero-order valence-electron chi connectivity index (χ0n) is 21.7. The Morgan fingerprint density at radius 2 is 1.31 bits per heavy atom. The first kappa shape index (κ1) is 23.6. The second-order valence-electron chi connectivity index (χ2n) is 10.3. The first-order valence-electron chi connectivity index (χ1n) is 13.7. The van der Waals surface area contributed by atoms with Gasteiger partial charge in [0.25, 0.3) is 0 Å². The van der Waals surface area contributed by atoms with Crippen LogP contribution in [-0.4, -0.2) is 11.5 Å². The van der Waals surface area contributed by atoms with Gasteiger partial charge in [-0.3, -0.25) is 10.3 Å². The van der Waals surface area contributed by atoms with Crippen molar-refractivity contribution in [3.8, 4) is 0 Å². The van der Waals surface area contributed by atoms with E-state index in [1.165, 1.54) is 11.1 Å². The minimum absolute atomic E-state index is 0.116.